The van der Waals surface area contributed by atoms with Crippen LogP contribution in [0, 0.1) is 5.82 Å². The topological polar surface area (TPSA) is 30.9 Å². The molecule has 0 saturated heterocycles. The number of hydrogen-bond acceptors (Lipinski definition) is 1. The molecular weight excluding hydrogens is 191 g/mol. The highest BCUT2D eigenvalue weighted by molar-refractivity contribution is 5.80. The summed E-state index contributed by atoms with van der Waals surface area (Å²) >= 11 is 0. The molecule has 3 heteroatoms. The Balaban J connectivity index is 2.21. The molecule has 2 N–H and O–H groups in total. The first-order valence-corrected chi connectivity index (χ1v) is 5.26. The molecule has 0 bridgehead atoms. The minimum atomic E-state index is -0.179. The maximum absolute atomic E-state index is 12.9. The molecular formula is C12H15FN2. The molecule has 0 unspecified atom stereocenters. The number of rotatable bonds is 4. The molecule has 1 aromatic carbocycles. The van der Waals surface area contributed by atoms with E-state index in [0.717, 1.165) is 36.8 Å². The third-order valence-corrected chi connectivity index (χ3v) is 2.59. The van der Waals surface area contributed by atoms with Crippen molar-refractivity contribution in [2.75, 3.05) is 6.54 Å². The van der Waals surface area contributed by atoms with Crippen molar-refractivity contribution in [1.82, 2.24) is 4.57 Å². The van der Waals surface area contributed by atoms with E-state index in [1.807, 2.05) is 18.3 Å². The largest absolute Gasteiger partial charge is 0.347 e. The number of halogens is 1. The van der Waals surface area contributed by atoms with Gasteiger partial charge in [0.25, 0.3) is 0 Å². The van der Waals surface area contributed by atoms with E-state index in [2.05, 4.69) is 4.57 Å². The van der Waals surface area contributed by atoms with Crippen LogP contribution < -0.4 is 5.73 Å². The van der Waals surface area contributed by atoms with Crippen LogP contribution in [0.1, 0.15) is 12.8 Å². The fourth-order valence-corrected chi connectivity index (χ4v) is 1.79. The predicted octanol–water partition coefficient (Wildman–Crippen LogP) is 2.52. The Kier molecular flexibility index (Phi) is 3.02. The van der Waals surface area contributed by atoms with Gasteiger partial charge >= 0.3 is 0 Å². The van der Waals surface area contributed by atoms with Crippen LogP contribution in [-0.4, -0.2) is 11.1 Å². The van der Waals surface area contributed by atoms with Gasteiger partial charge in [-0.05, 0) is 43.7 Å². The van der Waals surface area contributed by atoms with Gasteiger partial charge in [0, 0.05) is 23.6 Å². The fourth-order valence-electron chi connectivity index (χ4n) is 1.79. The Bertz CT molecular complexity index is 448. The fraction of sp³-hybridized carbons (Fsp3) is 0.333. The number of nitrogens with two attached hydrogens (primary N) is 1. The van der Waals surface area contributed by atoms with Crippen molar-refractivity contribution in [2.24, 2.45) is 5.73 Å². The molecule has 1 aromatic heterocycles. The third-order valence-electron chi connectivity index (χ3n) is 2.59. The van der Waals surface area contributed by atoms with E-state index in [-0.39, 0.29) is 5.82 Å². The van der Waals surface area contributed by atoms with E-state index in [1.54, 1.807) is 6.07 Å². The summed E-state index contributed by atoms with van der Waals surface area (Å²) in [4.78, 5) is 0. The molecule has 2 aromatic rings. The Hall–Kier alpha value is -1.35. The standard InChI is InChI=1S/C12H15FN2/c13-11-3-4-12-10(9-11)5-8-15(12)7-2-1-6-14/h3-5,8-9H,1-2,6-7,14H2. The molecule has 0 aliphatic carbocycles. The zero-order chi connectivity index (χ0) is 10.7. The number of nitrogens with zero attached hydrogens (tertiary/aromatic N) is 1. The van der Waals surface area contributed by atoms with Crippen molar-refractivity contribution >= 4 is 10.9 Å². The molecule has 0 atom stereocenters. The molecule has 0 aliphatic heterocycles. The van der Waals surface area contributed by atoms with Crippen molar-refractivity contribution in [3.8, 4) is 0 Å². The number of unbranched alkanes of at least 4 members (excludes halogenated alkanes) is 1. The van der Waals surface area contributed by atoms with Gasteiger partial charge in [0.2, 0.25) is 0 Å². The summed E-state index contributed by atoms with van der Waals surface area (Å²) < 4.78 is 15.1. The smallest absolute Gasteiger partial charge is 0.123 e. The van der Waals surface area contributed by atoms with Crippen molar-refractivity contribution in [2.45, 2.75) is 19.4 Å². The second kappa shape index (κ2) is 4.45. The SMILES string of the molecule is NCCCCn1ccc2cc(F)ccc21. The average Bonchev–Trinajstić information content (AvgIpc) is 2.61. The number of aromatic nitrogens is 1. The van der Waals surface area contributed by atoms with Gasteiger partial charge in [-0.2, -0.15) is 0 Å². The van der Waals surface area contributed by atoms with Crippen molar-refractivity contribution in [3.05, 3.63) is 36.3 Å². The maximum Gasteiger partial charge on any atom is 0.123 e. The number of aryl methyl sites for hydroxylation is 1. The van der Waals surface area contributed by atoms with Gasteiger partial charge in [-0.3, -0.25) is 0 Å². The van der Waals surface area contributed by atoms with Gasteiger partial charge in [-0.1, -0.05) is 0 Å². The van der Waals surface area contributed by atoms with E-state index in [4.69, 9.17) is 5.73 Å². The molecule has 0 radical (unpaired) electrons. The molecule has 0 amide bonds. The minimum Gasteiger partial charge on any atom is -0.347 e. The first-order chi connectivity index (χ1) is 7.31. The Morgan fingerprint density at radius 1 is 1.20 bits per heavy atom. The van der Waals surface area contributed by atoms with Crippen LogP contribution in [-0.2, 0) is 6.54 Å². The summed E-state index contributed by atoms with van der Waals surface area (Å²) in [6, 6.07) is 6.84. The van der Waals surface area contributed by atoms with Gasteiger partial charge in [-0.15, -0.1) is 0 Å². The zero-order valence-corrected chi connectivity index (χ0v) is 8.62. The summed E-state index contributed by atoms with van der Waals surface area (Å²) in [5.41, 5.74) is 6.53. The van der Waals surface area contributed by atoms with E-state index in [0.29, 0.717) is 0 Å². The van der Waals surface area contributed by atoms with Crippen LogP contribution in [0.15, 0.2) is 30.5 Å². The lowest BCUT2D eigenvalue weighted by molar-refractivity contribution is 0.624. The van der Waals surface area contributed by atoms with Gasteiger partial charge in [-0.25, -0.2) is 4.39 Å². The highest BCUT2D eigenvalue weighted by Crippen LogP contribution is 2.17. The van der Waals surface area contributed by atoms with Gasteiger partial charge in [0.1, 0.15) is 5.82 Å². The van der Waals surface area contributed by atoms with Gasteiger partial charge in [0.05, 0.1) is 0 Å². The van der Waals surface area contributed by atoms with E-state index >= 15 is 0 Å². The zero-order valence-electron chi connectivity index (χ0n) is 8.62. The summed E-state index contributed by atoms with van der Waals surface area (Å²) in [5.74, 6) is -0.179. The van der Waals surface area contributed by atoms with Crippen LogP contribution in [0.2, 0.25) is 0 Å². The second-order valence-corrected chi connectivity index (χ2v) is 3.71. The molecule has 0 spiro atoms. The van der Waals surface area contributed by atoms with Crippen molar-refractivity contribution in [1.29, 1.82) is 0 Å². The Morgan fingerprint density at radius 3 is 2.87 bits per heavy atom. The van der Waals surface area contributed by atoms with Crippen molar-refractivity contribution in [3.63, 3.8) is 0 Å². The number of benzene rings is 1. The van der Waals surface area contributed by atoms with Crippen LogP contribution in [0.25, 0.3) is 10.9 Å². The van der Waals surface area contributed by atoms with Crippen LogP contribution in [0.3, 0.4) is 0 Å². The lowest BCUT2D eigenvalue weighted by Gasteiger charge is -2.04. The first kappa shape index (κ1) is 10.2. The van der Waals surface area contributed by atoms with Crippen LogP contribution in [0.5, 0.6) is 0 Å². The minimum absolute atomic E-state index is 0.179. The molecule has 15 heavy (non-hydrogen) atoms. The highest BCUT2D eigenvalue weighted by Gasteiger charge is 2.01. The number of fused-ring (bicyclic) bond motifs is 1. The molecule has 0 fully saturated rings. The van der Waals surface area contributed by atoms with Crippen molar-refractivity contribution < 1.29 is 4.39 Å². The maximum atomic E-state index is 12.9. The first-order valence-electron chi connectivity index (χ1n) is 5.26. The number of hydrogen-bond donors (Lipinski definition) is 1. The quantitative estimate of drug-likeness (QED) is 0.766. The molecule has 0 aliphatic rings. The van der Waals surface area contributed by atoms with E-state index in [9.17, 15) is 4.39 Å². The summed E-state index contributed by atoms with van der Waals surface area (Å²) in [5, 5.41) is 0.961. The monoisotopic (exact) mass is 206 g/mol. The normalized spacial score (nSPS) is 11.1. The second-order valence-electron chi connectivity index (χ2n) is 3.71. The highest BCUT2D eigenvalue weighted by atomic mass is 19.1. The molecule has 2 nitrogen and oxygen atoms in total. The summed E-state index contributed by atoms with van der Waals surface area (Å²) in [6.07, 6.45) is 4.10. The predicted molar refractivity (Wildman–Crippen MR) is 60.2 cm³/mol. The molecule has 2 rings (SSSR count). The summed E-state index contributed by atoms with van der Waals surface area (Å²) in [7, 11) is 0. The van der Waals surface area contributed by atoms with E-state index in [1.165, 1.54) is 6.07 Å². The Labute approximate surface area is 88.5 Å². The third kappa shape index (κ3) is 2.18. The Morgan fingerprint density at radius 2 is 2.07 bits per heavy atom. The summed E-state index contributed by atoms with van der Waals surface area (Å²) in [6.45, 7) is 1.68. The van der Waals surface area contributed by atoms with E-state index < -0.39 is 0 Å². The van der Waals surface area contributed by atoms with Gasteiger partial charge < -0.3 is 10.3 Å². The lowest BCUT2D eigenvalue weighted by atomic mass is 10.2. The molecule has 1 heterocycles. The van der Waals surface area contributed by atoms with Crippen LogP contribution >= 0.6 is 0 Å². The molecule has 0 saturated carbocycles. The average molecular weight is 206 g/mol. The molecule has 80 valence electrons. The lowest BCUT2D eigenvalue weighted by Crippen LogP contribution is -2.02. The van der Waals surface area contributed by atoms with Gasteiger partial charge in [0.15, 0.2) is 0 Å². The van der Waals surface area contributed by atoms with Crippen LogP contribution in [0.4, 0.5) is 4.39 Å².